The van der Waals surface area contributed by atoms with Gasteiger partial charge in [0.25, 0.3) is 0 Å². The minimum Gasteiger partial charge on any atom is -0.384 e. The van der Waals surface area contributed by atoms with Gasteiger partial charge in [0.05, 0.1) is 17.0 Å². The number of halogens is 1. The molecule has 0 saturated heterocycles. The molecule has 0 bridgehead atoms. The number of carbonyl (C=O) groups is 1. The smallest absolute Gasteiger partial charge is 0.169 e. The van der Waals surface area contributed by atoms with Crippen LogP contribution in [0.5, 0.6) is 0 Å². The van der Waals surface area contributed by atoms with Crippen molar-refractivity contribution in [2.24, 2.45) is 4.99 Å². The summed E-state index contributed by atoms with van der Waals surface area (Å²) in [5, 5.41) is 4.17. The highest BCUT2D eigenvalue weighted by molar-refractivity contribution is 6.17. The molecule has 1 aliphatic heterocycles. The minimum absolute atomic E-state index is 0.0122. The lowest BCUT2D eigenvalue weighted by molar-refractivity contribution is -0.117. The van der Waals surface area contributed by atoms with Crippen LogP contribution in [-0.4, -0.2) is 21.6 Å². The van der Waals surface area contributed by atoms with Gasteiger partial charge in [0, 0.05) is 29.3 Å². The first-order valence-corrected chi connectivity index (χ1v) is 10.6. The molecule has 164 valence electrons. The van der Waals surface area contributed by atoms with Gasteiger partial charge in [0.15, 0.2) is 5.76 Å². The molecule has 6 nitrogen and oxygen atoms in total. The number of fused-ring (bicyclic) bond motifs is 3. The Labute approximate surface area is 190 Å². The molecule has 7 heteroatoms. The molecule has 0 amide bonds. The topological polar surface area (TPSA) is 94.4 Å². The summed E-state index contributed by atoms with van der Waals surface area (Å²) in [6.45, 7) is 3.40. The van der Waals surface area contributed by atoms with Gasteiger partial charge in [-0.15, -0.1) is 0 Å². The van der Waals surface area contributed by atoms with Crippen LogP contribution in [0.4, 0.5) is 10.2 Å². The number of nitrogens with zero attached hydrogens (tertiary/aromatic N) is 3. The van der Waals surface area contributed by atoms with E-state index in [2.05, 4.69) is 10.1 Å². The third kappa shape index (κ3) is 3.82. The van der Waals surface area contributed by atoms with E-state index in [9.17, 15) is 9.18 Å². The van der Waals surface area contributed by atoms with Crippen molar-refractivity contribution in [2.75, 3.05) is 5.73 Å². The number of aromatic nitrogens is 2. The highest BCUT2D eigenvalue weighted by atomic mass is 19.1. The van der Waals surface area contributed by atoms with E-state index in [0.29, 0.717) is 17.3 Å². The number of aliphatic imine (C=N–C) groups is 1. The van der Waals surface area contributed by atoms with E-state index >= 15 is 0 Å². The molecule has 4 aromatic rings. The van der Waals surface area contributed by atoms with E-state index in [-0.39, 0.29) is 18.0 Å². The highest BCUT2D eigenvalue weighted by Gasteiger charge is 2.31. The SMILES string of the molecule is CC(=O)C[C@@H]1N=C(c2ccc(F)cc2)c2cc(-c3ccc(N)nc3)ccc2-c2c(C)noc21. The number of Topliss-reactive ketones (excluding diaryl/α,β-unsaturated/α-hetero) is 1. The molecule has 33 heavy (non-hydrogen) atoms. The number of benzene rings is 2. The van der Waals surface area contributed by atoms with Gasteiger partial charge in [-0.25, -0.2) is 9.37 Å². The Kier molecular flexibility index (Phi) is 5.09. The molecule has 2 N–H and O–H groups in total. The fourth-order valence-corrected chi connectivity index (χ4v) is 4.19. The minimum atomic E-state index is -0.534. The van der Waals surface area contributed by atoms with Gasteiger partial charge < -0.3 is 10.3 Å². The molecule has 0 aliphatic carbocycles. The number of carbonyl (C=O) groups excluding carboxylic acids is 1. The fraction of sp³-hybridized carbons (Fsp3) is 0.154. The number of hydrogen-bond donors (Lipinski definition) is 1. The Balaban J connectivity index is 1.78. The molecule has 0 radical (unpaired) electrons. The molecule has 0 saturated carbocycles. The Bertz CT molecular complexity index is 1390. The maximum absolute atomic E-state index is 13.7. The van der Waals surface area contributed by atoms with E-state index in [1.807, 2.05) is 31.2 Å². The largest absolute Gasteiger partial charge is 0.384 e. The number of ketones is 1. The second kappa shape index (κ2) is 8.09. The molecule has 3 heterocycles. The second-order valence-electron chi connectivity index (χ2n) is 8.15. The zero-order chi connectivity index (χ0) is 23.1. The third-order valence-electron chi connectivity index (χ3n) is 5.74. The number of nitrogen functional groups attached to an aromatic ring is 1. The predicted molar refractivity (Wildman–Crippen MR) is 124 cm³/mol. The number of aryl methyl sites for hydroxylation is 1. The molecule has 0 unspecified atom stereocenters. The number of hydrogen-bond acceptors (Lipinski definition) is 6. The summed E-state index contributed by atoms with van der Waals surface area (Å²) in [7, 11) is 0. The first-order chi connectivity index (χ1) is 15.9. The summed E-state index contributed by atoms with van der Waals surface area (Å²) in [5.41, 5.74) is 12.3. The van der Waals surface area contributed by atoms with Crippen LogP contribution < -0.4 is 5.73 Å². The molecule has 0 fully saturated rings. The lowest BCUT2D eigenvalue weighted by Gasteiger charge is -2.13. The summed E-state index contributed by atoms with van der Waals surface area (Å²) in [6.07, 6.45) is 1.90. The Morgan fingerprint density at radius 2 is 1.76 bits per heavy atom. The average Bonchev–Trinajstić information content (AvgIpc) is 3.12. The van der Waals surface area contributed by atoms with Gasteiger partial charge in [-0.2, -0.15) is 0 Å². The maximum Gasteiger partial charge on any atom is 0.169 e. The number of rotatable bonds is 4. The van der Waals surface area contributed by atoms with Crippen LogP contribution in [0.25, 0.3) is 22.3 Å². The molecular weight excluding hydrogens is 419 g/mol. The van der Waals surface area contributed by atoms with E-state index in [0.717, 1.165) is 39.1 Å². The van der Waals surface area contributed by atoms with Crippen LogP contribution in [0.3, 0.4) is 0 Å². The quantitative estimate of drug-likeness (QED) is 0.464. The lowest BCUT2D eigenvalue weighted by Crippen LogP contribution is -2.08. The zero-order valence-electron chi connectivity index (χ0n) is 18.2. The van der Waals surface area contributed by atoms with E-state index in [1.165, 1.54) is 19.1 Å². The maximum atomic E-state index is 13.7. The van der Waals surface area contributed by atoms with Crippen LogP contribution in [-0.2, 0) is 4.79 Å². The average molecular weight is 440 g/mol. The number of nitrogens with two attached hydrogens (primary N) is 1. The summed E-state index contributed by atoms with van der Waals surface area (Å²) in [6, 6.07) is 15.3. The predicted octanol–water partition coefficient (Wildman–Crippen LogP) is 5.30. The zero-order valence-corrected chi connectivity index (χ0v) is 18.2. The highest BCUT2D eigenvalue weighted by Crippen LogP contribution is 2.42. The number of pyridine rings is 1. The Hall–Kier alpha value is -4.13. The van der Waals surface area contributed by atoms with Gasteiger partial charge >= 0.3 is 0 Å². The summed E-state index contributed by atoms with van der Waals surface area (Å²) in [5.74, 6) is 0.658. The molecule has 5 rings (SSSR count). The molecule has 2 aromatic heterocycles. The second-order valence-corrected chi connectivity index (χ2v) is 8.15. The summed E-state index contributed by atoms with van der Waals surface area (Å²) >= 11 is 0. The van der Waals surface area contributed by atoms with Crippen molar-refractivity contribution in [2.45, 2.75) is 26.3 Å². The van der Waals surface area contributed by atoms with Gasteiger partial charge in [-0.1, -0.05) is 17.3 Å². The van der Waals surface area contributed by atoms with Crippen molar-refractivity contribution in [3.8, 4) is 22.3 Å². The molecule has 0 spiro atoms. The van der Waals surface area contributed by atoms with Gasteiger partial charge in [-0.05, 0) is 67.4 Å². The monoisotopic (exact) mass is 440 g/mol. The summed E-state index contributed by atoms with van der Waals surface area (Å²) < 4.78 is 19.4. The Morgan fingerprint density at radius 1 is 1.03 bits per heavy atom. The normalized spacial score (nSPS) is 14.8. The molecule has 2 aromatic carbocycles. The fourth-order valence-electron chi connectivity index (χ4n) is 4.19. The Morgan fingerprint density at radius 3 is 2.45 bits per heavy atom. The van der Waals surface area contributed by atoms with Crippen LogP contribution in [0.15, 0.2) is 70.3 Å². The van der Waals surface area contributed by atoms with Gasteiger partial charge in [0.2, 0.25) is 0 Å². The van der Waals surface area contributed by atoms with E-state index in [1.54, 1.807) is 24.4 Å². The van der Waals surface area contributed by atoms with Crippen molar-refractivity contribution in [3.63, 3.8) is 0 Å². The van der Waals surface area contributed by atoms with Crippen LogP contribution in [0.1, 0.15) is 42.0 Å². The van der Waals surface area contributed by atoms with Gasteiger partial charge in [-0.3, -0.25) is 9.79 Å². The first-order valence-electron chi connectivity index (χ1n) is 10.6. The molecule has 1 aliphatic rings. The number of anilines is 1. The van der Waals surface area contributed by atoms with E-state index < -0.39 is 6.04 Å². The van der Waals surface area contributed by atoms with Crippen molar-refractivity contribution < 1.29 is 13.7 Å². The van der Waals surface area contributed by atoms with Gasteiger partial charge in [0.1, 0.15) is 23.5 Å². The van der Waals surface area contributed by atoms with Crippen molar-refractivity contribution in [1.29, 1.82) is 0 Å². The molecule has 1 atom stereocenters. The standard InChI is InChI=1S/C26H21FN4O2/c1-14(32)11-22-26-24(15(2)31-33-26)20-9-5-17(18-6-10-23(28)29-13-18)12-21(20)25(30-22)16-3-7-19(27)8-4-16/h3-10,12-13,22H,11H2,1-2H3,(H2,28,29)/t22-/m0/s1. The van der Waals surface area contributed by atoms with Crippen molar-refractivity contribution in [3.05, 3.63) is 89.2 Å². The lowest BCUT2D eigenvalue weighted by atomic mass is 9.90. The van der Waals surface area contributed by atoms with Crippen molar-refractivity contribution in [1.82, 2.24) is 10.1 Å². The van der Waals surface area contributed by atoms with Crippen LogP contribution in [0, 0.1) is 12.7 Å². The summed E-state index contributed by atoms with van der Waals surface area (Å²) in [4.78, 5) is 21.2. The van der Waals surface area contributed by atoms with E-state index in [4.69, 9.17) is 15.2 Å². The molecular formula is C26H21FN4O2. The first kappa shape index (κ1) is 20.8. The van der Waals surface area contributed by atoms with Crippen molar-refractivity contribution >= 4 is 17.3 Å². The van der Waals surface area contributed by atoms with Crippen LogP contribution in [0.2, 0.25) is 0 Å². The third-order valence-corrected chi connectivity index (χ3v) is 5.74. The van der Waals surface area contributed by atoms with Crippen LogP contribution >= 0.6 is 0 Å².